The third-order valence-electron chi connectivity index (χ3n) is 3.59. The molecular weight excluding hydrogens is 318 g/mol. The summed E-state index contributed by atoms with van der Waals surface area (Å²) in [6.45, 7) is 3.61. The highest BCUT2D eigenvalue weighted by atomic mass is 32.1. The maximum Gasteiger partial charge on any atom is 0.191 e. The van der Waals surface area contributed by atoms with Crippen LogP contribution in [0.4, 0.5) is 0 Å². The summed E-state index contributed by atoms with van der Waals surface area (Å²) < 4.78 is 1.86. The molecule has 0 aliphatic carbocycles. The Morgan fingerprint density at radius 2 is 2.04 bits per heavy atom. The summed E-state index contributed by atoms with van der Waals surface area (Å²) in [4.78, 5) is 6.91. The summed E-state index contributed by atoms with van der Waals surface area (Å²) in [5.41, 5.74) is 2.23. The number of nitrogens with one attached hydrogen (secondary N) is 2. The number of hydrogen-bond acceptors (Lipinski definition) is 3. The van der Waals surface area contributed by atoms with Crippen LogP contribution in [-0.4, -0.2) is 22.8 Å². The van der Waals surface area contributed by atoms with Crippen LogP contribution in [-0.2, 0) is 13.1 Å². The molecule has 2 aromatic heterocycles. The summed E-state index contributed by atoms with van der Waals surface area (Å²) in [6, 6.07) is 14.5. The fourth-order valence-electron chi connectivity index (χ4n) is 2.39. The van der Waals surface area contributed by atoms with Crippen LogP contribution in [0.3, 0.4) is 0 Å². The highest BCUT2D eigenvalue weighted by Crippen LogP contribution is 2.14. The zero-order valence-electron chi connectivity index (χ0n) is 13.9. The first-order chi connectivity index (χ1) is 11.7. The van der Waals surface area contributed by atoms with E-state index in [2.05, 4.69) is 51.9 Å². The van der Waals surface area contributed by atoms with Crippen molar-refractivity contribution in [2.45, 2.75) is 20.0 Å². The molecule has 3 aromatic rings. The third-order valence-corrected chi connectivity index (χ3v) is 4.59. The normalized spacial score (nSPS) is 11.5. The van der Waals surface area contributed by atoms with E-state index >= 15 is 0 Å². The Kier molecular flexibility index (Phi) is 5.28. The van der Waals surface area contributed by atoms with Gasteiger partial charge in [0.25, 0.3) is 0 Å². The van der Waals surface area contributed by atoms with Crippen molar-refractivity contribution in [3.63, 3.8) is 0 Å². The molecule has 124 valence electrons. The Balaban J connectivity index is 1.56. The SMILES string of the molecule is CN=C(NCc1cccc(-n2cccn2)c1)NCc1ccc(C)s1. The molecule has 0 radical (unpaired) electrons. The van der Waals surface area contributed by atoms with Gasteiger partial charge in [-0.2, -0.15) is 5.10 Å². The molecule has 0 atom stereocenters. The van der Waals surface area contributed by atoms with E-state index in [1.54, 1.807) is 24.6 Å². The number of benzene rings is 1. The van der Waals surface area contributed by atoms with E-state index in [1.165, 1.54) is 15.3 Å². The number of aliphatic imine (C=N–C) groups is 1. The van der Waals surface area contributed by atoms with Gasteiger partial charge < -0.3 is 10.6 Å². The molecule has 0 saturated heterocycles. The van der Waals surface area contributed by atoms with Gasteiger partial charge >= 0.3 is 0 Å². The number of thiophene rings is 1. The monoisotopic (exact) mass is 339 g/mol. The van der Waals surface area contributed by atoms with Gasteiger partial charge in [0.1, 0.15) is 0 Å². The second kappa shape index (κ2) is 7.79. The van der Waals surface area contributed by atoms with Crippen LogP contribution < -0.4 is 10.6 Å². The van der Waals surface area contributed by atoms with Crippen LogP contribution in [0.15, 0.2) is 59.9 Å². The van der Waals surface area contributed by atoms with E-state index in [0.717, 1.165) is 18.2 Å². The molecule has 0 bridgehead atoms. The average Bonchev–Trinajstić information content (AvgIpc) is 3.27. The zero-order valence-corrected chi connectivity index (χ0v) is 14.7. The smallest absolute Gasteiger partial charge is 0.191 e. The maximum atomic E-state index is 4.28. The number of aryl methyl sites for hydroxylation is 1. The zero-order chi connectivity index (χ0) is 16.8. The first-order valence-electron chi connectivity index (χ1n) is 7.83. The molecule has 0 unspecified atom stereocenters. The van der Waals surface area contributed by atoms with E-state index in [1.807, 2.05) is 29.1 Å². The molecule has 2 heterocycles. The van der Waals surface area contributed by atoms with Crippen LogP contribution in [0.1, 0.15) is 15.3 Å². The fraction of sp³-hybridized carbons (Fsp3) is 0.222. The van der Waals surface area contributed by atoms with E-state index in [9.17, 15) is 0 Å². The molecular formula is C18H21N5S. The van der Waals surface area contributed by atoms with Crippen LogP contribution in [0, 0.1) is 6.92 Å². The quantitative estimate of drug-likeness (QED) is 0.555. The molecule has 0 aliphatic heterocycles. The Labute approximate surface area is 146 Å². The van der Waals surface area contributed by atoms with Crippen molar-refractivity contribution in [1.29, 1.82) is 0 Å². The first kappa shape index (κ1) is 16.3. The summed E-state index contributed by atoms with van der Waals surface area (Å²) in [6.07, 6.45) is 3.72. The Bertz CT molecular complexity index is 804. The molecule has 24 heavy (non-hydrogen) atoms. The van der Waals surface area contributed by atoms with Crippen LogP contribution in [0.2, 0.25) is 0 Å². The van der Waals surface area contributed by atoms with Gasteiger partial charge in [-0.05, 0) is 42.8 Å². The topological polar surface area (TPSA) is 54.2 Å². The molecule has 6 heteroatoms. The minimum atomic E-state index is 0.707. The average molecular weight is 339 g/mol. The second-order valence-corrected chi connectivity index (χ2v) is 6.78. The summed E-state index contributed by atoms with van der Waals surface area (Å²) >= 11 is 1.80. The second-order valence-electron chi connectivity index (χ2n) is 5.41. The minimum absolute atomic E-state index is 0.707. The molecule has 5 nitrogen and oxygen atoms in total. The molecule has 2 N–H and O–H groups in total. The van der Waals surface area contributed by atoms with Gasteiger partial charge in [0.2, 0.25) is 0 Å². The van der Waals surface area contributed by atoms with Crippen molar-refractivity contribution in [2.24, 2.45) is 4.99 Å². The van der Waals surface area contributed by atoms with Crippen molar-refractivity contribution in [1.82, 2.24) is 20.4 Å². The lowest BCUT2D eigenvalue weighted by atomic mass is 10.2. The molecule has 0 amide bonds. The highest BCUT2D eigenvalue weighted by molar-refractivity contribution is 7.11. The lowest BCUT2D eigenvalue weighted by molar-refractivity contribution is 0.812. The largest absolute Gasteiger partial charge is 0.352 e. The lowest BCUT2D eigenvalue weighted by Crippen LogP contribution is -2.36. The van der Waals surface area contributed by atoms with Gasteiger partial charge in [-0.25, -0.2) is 4.68 Å². The number of guanidine groups is 1. The molecule has 1 aromatic carbocycles. The third kappa shape index (κ3) is 4.23. The first-order valence-corrected chi connectivity index (χ1v) is 8.65. The van der Waals surface area contributed by atoms with E-state index < -0.39 is 0 Å². The van der Waals surface area contributed by atoms with Crippen molar-refractivity contribution in [2.75, 3.05) is 7.05 Å². The fourth-order valence-corrected chi connectivity index (χ4v) is 3.22. The van der Waals surface area contributed by atoms with Gasteiger partial charge in [0.15, 0.2) is 5.96 Å². The molecule has 0 fully saturated rings. The van der Waals surface area contributed by atoms with Gasteiger partial charge in [-0.15, -0.1) is 11.3 Å². The van der Waals surface area contributed by atoms with Gasteiger partial charge in [-0.3, -0.25) is 4.99 Å². The van der Waals surface area contributed by atoms with Crippen molar-refractivity contribution < 1.29 is 0 Å². The van der Waals surface area contributed by atoms with Gasteiger partial charge in [0, 0.05) is 35.7 Å². The van der Waals surface area contributed by atoms with Gasteiger partial charge in [0.05, 0.1) is 12.2 Å². The number of nitrogens with zero attached hydrogens (tertiary/aromatic N) is 3. The standard InChI is InChI=1S/C18H21N5S/c1-14-7-8-17(24-14)13-21-18(19-2)20-12-15-5-3-6-16(11-15)23-10-4-9-22-23/h3-11H,12-13H2,1-2H3,(H2,19,20,21). The van der Waals surface area contributed by atoms with Crippen molar-refractivity contribution >= 4 is 17.3 Å². The highest BCUT2D eigenvalue weighted by Gasteiger charge is 2.02. The molecule has 0 aliphatic rings. The number of rotatable bonds is 5. The predicted octanol–water partition coefficient (Wildman–Crippen LogP) is 3.11. The predicted molar refractivity (Wildman–Crippen MR) is 99.7 cm³/mol. The Morgan fingerprint density at radius 3 is 2.75 bits per heavy atom. The minimum Gasteiger partial charge on any atom is -0.352 e. The molecule has 0 spiro atoms. The number of aromatic nitrogens is 2. The maximum absolute atomic E-state index is 4.28. The summed E-state index contributed by atoms with van der Waals surface area (Å²) in [5, 5.41) is 11.0. The van der Waals surface area contributed by atoms with Crippen LogP contribution in [0.25, 0.3) is 5.69 Å². The summed E-state index contributed by atoms with van der Waals surface area (Å²) in [5.74, 6) is 0.797. The number of hydrogen-bond donors (Lipinski definition) is 2. The Morgan fingerprint density at radius 1 is 1.17 bits per heavy atom. The van der Waals surface area contributed by atoms with Crippen molar-refractivity contribution in [3.8, 4) is 5.69 Å². The van der Waals surface area contributed by atoms with E-state index in [-0.39, 0.29) is 0 Å². The lowest BCUT2D eigenvalue weighted by Gasteiger charge is -2.12. The van der Waals surface area contributed by atoms with E-state index in [4.69, 9.17) is 0 Å². The van der Waals surface area contributed by atoms with E-state index in [0.29, 0.717) is 6.54 Å². The van der Waals surface area contributed by atoms with Crippen LogP contribution in [0.5, 0.6) is 0 Å². The van der Waals surface area contributed by atoms with Crippen molar-refractivity contribution in [3.05, 3.63) is 70.2 Å². The Hall–Kier alpha value is -2.60. The van der Waals surface area contributed by atoms with Crippen LogP contribution >= 0.6 is 11.3 Å². The molecule has 3 rings (SSSR count). The van der Waals surface area contributed by atoms with Gasteiger partial charge in [-0.1, -0.05) is 12.1 Å². The molecule has 0 saturated carbocycles. The summed E-state index contributed by atoms with van der Waals surface area (Å²) in [7, 11) is 1.79.